The highest BCUT2D eigenvalue weighted by Gasteiger charge is 2.10. The van der Waals surface area contributed by atoms with E-state index in [2.05, 4.69) is 9.71 Å². The van der Waals surface area contributed by atoms with Crippen LogP contribution >= 0.6 is 11.3 Å². The summed E-state index contributed by atoms with van der Waals surface area (Å²) in [5, 5.41) is 0.824. The van der Waals surface area contributed by atoms with E-state index in [-0.39, 0.29) is 5.75 Å². The van der Waals surface area contributed by atoms with Crippen LogP contribution in [0.5, 0.6) is 0 Å². The van der Waals surface area contributed by atoms with Crippen LogP contribution in [0.4, 0.5) is 0 Å². The molecule has 6 heteroatoms. The van der Waals surface area contributed by atoms with Crippen LogP contribution in [-0.4, -0.2) is 19.2 Å². The van der Waals surface area contributed by atoms with Gasteiger partial charge in [-0.25, -0.2) is 18.1 Å². The van der Waals surface area contributed by atoms with Crippen molar-refractivity contribution < 1.29 is 8.42 Å². The standard InChI is InChI=1S/C9H16N2O2S2/c1-4-5-15(12,13)10-6-9-11-7(2)8(3)14-9/h10H,4-6H2,1-3H3. The zero-order chi connectivity index (χ0) is 11.5. The van der Waals surface area contributed by atoms with Crippen LogP contribution in [0, 0.1) is 13.8 Å². The summed E-state index contributed by atoms with van der Waals surface area (Å²) in [6, 6.07) is 0. The highest BCUT2D eigenvalue weighted by atomic mass is 32.2. The number of rotatable bonds is 5. The van der Waals surface area contributed by atoms with Crippen molar-refractivity contribution in [2.45, 2.75) is 33.7 Å². The van der Waals surface area contributed by atoms with E-state index in [0.717, 1.165) is 15.6 Å². The Morgan fingerprint density at radius 2 is 2.07 bits per heavy atom. The van der Waals surface area contributed by atoms with Crippen molar-refractivity contribution in [2.24, 2.45) is 0 Å². The van der Waals surface area contributed by atoms with E-state index in [1.165, 1.54) is 11.3 Å². The van der Waals surface area contributed by atoms with Gasteiger partial charge in [0.15, 0.2) is 0 Å². The van der Waals surface area contributed by atoms with E-state index in [4.69, 9.17) is 0 Å². The molecule has 0 aliphatic carbocycles. The lowest BCUT2D eigenvalue weighted by Crippen LogP contribution is -2.25. The van der Waals surface area contributed by atoms with Gasteiger partial charge < -0.3 is 0 Å². The van der Waals surface area contributed by atoms with Crippen LogP contribution in [-0.2, 0) is 16.6 Å². The van der Waals surface area contributed by atoms with E-state index in [0.29, 0.717) is 13.0 Å². The maximum Gasteiger partial charge on any atom is 0.211 e. The molecule has 0 saturated heterocycles. The molecule has 0 bridgehead atoms. The molecule has 0 aliphatic rings. The van der Waals surface area contributed by atoms with Crippen molar-refractivity contribution in [1.29, 1.82) is 0 Å². The molecule has 0 aromatic carbocycles. The van der Waals surface area contributed by atoms with Gasteiger partial charge in [0.2, 0.25) is 10.0 Å². The molecule has 0 fully saturated rings. The molecule has 15 heavy (non-hydrogen) atoms. The highest BCUT2D eigenvalue weighted by Crippen LogP contribution is 2.16. The van der Waals surface area contributed by atoms with Gasteiger partial charge in [-0.05, 0) is 20.3 Å². The summed E-state index contributed by atoms with van der Waals surface area (Å²) in [5.41, 5.74) is 0.977. The van der Waals surface area contributed by atoms with Gasteiger partial charge in [0.25, 0.3) is 0 Å². The quantitative estimate of drug-likeness (QED) is 0.861. The Morgan fingerprint density at radius 3 is 2.53 bits per heavy atom. The third-order valence-corrected chi connectivity index (χ3v) is 4.59. The summed E-state index contributed by atoms with van der Waals surface area (Å²) in [4.78, 5) is 5.40. The maximum atomic E-state index is 11.4. The summed E-state index contributed by atoms with van der Waals surface area (Å²) >= 11 is 1.54. The third-order valence-electron chi connectivity index (χ3n) is 1.99. The lowest BCUT2D eigenvalue weighted by atomic mass is 10.4. The van der Waals surface area contributed by atoms with Crippen molar-refractivity contribution in [3.63, 3.8) is 0 Å². The number of sulfonamides is 1. The van der Waals surface area contributed by atoms with Crippen LogP contribution in [0.25, 0.3) is 0 Å². The van der Waals surface area contributed by atoms with Crippen LogP contribution in [0.3, 0.4) is 0 Å². The second-order valence-electron chi connectivity index (χ2n) is 3.39. The van der Waals surface area contributed by atoms with Gasteiger partial charge in [-0.1, -0.05) is 6.92 Å². The van der Waals surface area contributed by atoms with E-state index in [1.807, 2.05) is 20.8 Å². The molecule has 1 heterocycles. The van der Waals surface area contributed by atoms with Crippen molar-refractivity contribution >= 4 is 21.4 Å². The minimum absolute atomic E-state index is 0.177. The molecule has 0 unspecified atom stereocenters. The Kier molecular flexibility index (Phi) is 4.24. The number of nitrogens with one attached hydrogen (secondary N) is 1. The number of hydrogen-bond acceptors (Lipinski definition) is 4. The molecular weight excluding hydrogens is 232 g/mol. The number of hydrogen-bond donors (Lipinski definition) is 1. The van der Waals surface area contributed by atoms with E-state index >= 15 is 0 Å². The maximum absolute atomic E-state index is 11.4. The van der Waals surface area contributed by atoms with Crippen LogP contribution in [0.15, 0.2) is 0 Å². The lowest BCUT2D eigenvalue weighted by Gasteiger charge is -2.02. The zero-order valence-electron chi connectivity index (χ0n) is 9.20. The average molecular weight is 248 g/mol. The molecule has 86 valence electrons. The van der Waals surface area contributed by atoms with Crippen molar-refractivity contribution in [2.75, 3.05) is 5.75 Å². The predicted octanol–water partition coefficient (Wildman–Crippen LogP) is 1.59. The van der Waals surface area contributed by atoms with Gasteiger partial charge >= 0.3 is 0 Å². The molecule has 0 atom stereocenters. The first-order valence-corrected chi connectivity index (χ1v) is 7.31. The Labute approximate surface area is 94.8 Å². The average Bonchev–Trinajstić information content (AvgIpc) is 2.44. The molecule has 4 nitrogen and oxygen atoms in total. The van der Waals surface area contributed by atoms with Crippen molar-refractivity contribution in [1.82, 2.24) is 9.71 Å². The van der Waals surface area contributed by atoms with Gasteiger partial charge in [0.05, 0.1) is 18.0 Å². The van der Waals surface area contributed by atoms with Crippen molar-refractivity contribution in [3.8, 4) is 0 Å². The van der Waals surface area contributed by atoms with Gasteiger partial charge in [-0.15, -0.1) is 11.3 Å². The summed E-state index contributed by atoms with van der Waals surface area (Å²) in [7, 11) is -3.12. The predicted molar refractivity (Wildman–Crippen MR) is 62.5 cm³/mol. The first-order chi connectivity index (χ1) is 6.94. The second kappa shape index (κ2) is 5.05. The molecule has 0 saturated carbocycles. The van der Waals surface area contributed by atoms with E-state index in [1.54, 1.807) is 0 Å². The van der Waals surface area contributed by atoms with Gasteiger partial charge in [-0.3, -0.25) is 0 Å². The molecule has 0 amide bonds. The molecule has 0 spiro atoms. The van der Waals surface area contributed by atoms with Gasteiger partial charge in [0.1, 0.15) is 5.01 Å². The Balaban J connectivity index is 2.57. The van der Waals surface area contributed by atoms with Crippen LogP contribution in [0.2, 0.25) is 0 Å². The fraction of sp³-hybridized carbons (Fsp3) is 0.667. The van der Waals surface area contributed by atoms with Gasteiger partial charge in [-0.2, -0.15) is 0 Å². The molecule has 1 N–H and O–H groups in total. The summed E-state index contributed by atoms with van der Waals surface area (Å²) in [5.74, 6) is 0.177. The number of aromatic nitrogens is 1. The monoisotopic (exact) mass is 248 g/mol. The van der Waals surface area contributed by atoms with Crippen LogP contribution < -0.4 is 4.72 Å². The minimum atomic E-state index is -3.12. The first kappa shape index (κ1) is 12.6. The molecule has 0 radical (unpaired) electrons. The SMILES string of the molecule is CCCS(=O)(=O)NCc1nc(C)c(C)s1. The fourth-order valence-corrected chi connectivity index (χ4v) is 3.13. The Bertz CT molecular complexity index is 404. The smallest absolute Gasteiger partial charge is 0.211 e. The highest BCUT2D eigenvalue weighted by molar-refractivity contribution is 7.89. The van der Waals surface area contributed by atoms with E-state index in [9.17, 15) is 8.42 Å². The Morgan fingerprint density at radius 1 is 1.40 bits per heavy atom. The van der Waals surface area contributed by atoms with Crippen molar-refractivity contribution in [3.05, 3.63) is 15.6 Å². The summed E-state index contributed by atoms with van der Waals surface area (Å²) in [6.45, 7) is 6.06. The second-order valence-corrected chi connectivity index (χ2v) is 6.60. The molecule has 1 rings (SSSR count). The zero-order valence-corrected chi connectivity index (χ0v) is 10.8. The fourth-order valence-electron chi connectivity index (χ4n) is 1.13. The number of thiazole rings is 1. The molecule has 1 aromatic heterocycles. The largest absolute Gasteiger partial charge is 0.245 e. The normalized spacial score (nSPS) is 11.9. The van der Waals surface area contributed by atoms with Gasteiger partial charge in [0, 0.05) is 4.88 Å². The van der Waals surface area contributed by atoms with E-state index < -0.39 is 10.0 Å². The number of nitrogens with zero attached hydrogens (tertiary/aromatic N) is 1. The molecule has 0 aliphatic heterocycles. The minimum Gasteiger partial charge on any atom is -0.245 e. The third kappa shape index (κ3) is 3.89. The number of aryl methyl sites for hydroxylation is 2. The lowest BCUT2D eigenvalue weighted by molar-refractivity contribution is 0.579. The Hall–Kier alpha value is -0.460. The molecular formula is C9H16N2O2S2. The summed E-state index contributed by atoms with van der Waals surface area (Å²) in [6.07, 6.45) is 0.630. The first-order valence-electron chi connectivity index (χ1n) is 4.85. The molecule has 1 aromatic rings. The summed E-state index contributed by atoms with van der Waals surface area (Å²) < 4.78 is 25.3. The van der Waals surface area contributed by atoms with Crippen LogP contribution in [0.1, 0.15) is 28.9 Å². The topological polar surface area (TPSA) is 59.1 Å².